The number of aromatic nitrogens is 2. The molecule has 0 bridgehead atoms. The fourth-order valence-corrected chi connectivity index (χ4v) is 3.34. The summed E-state index contributed by atoms with van der Waals surface area (Å²) >= 11 is 0. The molecule has 0 amide bonds. The fourth-order valence-electron chi connectivity index (χ4n) is 3.34. The van der Waals surface area contributed by atoms with Gasteiger partial charge in [-0.25, -0.2) is 4.98 Å². The lowest BCUT2D eigenvalue weighted by atomic mass is 9.88. The van der Waals surface area contributed by atoms with Gasteiger partial charge in [0.2, 0.25) is 5.88 Å². The first-order valence-electron chi connectivity index (χ1n) is 8.01. The molecule has 3 aromatic rings. The second-order valence-corrected chi connectivity index (χ2v) is 5.95. The van der Waals surface area contributed by atoms with Crippen LogP contribution in [0.25, 0.3) is 10.9 Å². The number of nitrogens with zero attached hydrogens (tertiary/aromatic N) is 4. The number of fused-ring (bicyclic) bond motifs is 3. The first-order valence-corrected chi connectivity index (χ1v) is 8.01. The maximum absolute atomic E-state index is 11.5. The maximum Gasteiger partial charge on any atom is 0.273 e. The monoisotopic (exact) mass is 337 g/mol. The molecular formula is C17H15N5O3. The zero-order chi connectivity index (χ0) is 17.4. The van der Waals surface area contributed by atoms with E-state index in [1.165, 1.54) is 6.07 Å². The molecule has 0 aliphatic heterocycles. The van der Waals surface area contributed by atoms with E-state index < -0.39 is 0 Å². The minimum absolute atomic E-state index is 0.0792. The van der Waals surface area contributed by atoms with E-state index in [4.69, 9.17) is 0 Å². The third-order valence-electron chi connectivity index (χ3n) is 4.45. The zero-order valence-electron chi connectivity index (χ0n) is 13.3. The second-order valence-electron chi connectivity index (χ2n) is 5.95. The number of rotatable bonds is 3. The summed E-state index contributed by atoms with van der Waals surface area (Å²) in [5.41, 5.74) is 2.61. The van der Waals surface area contributed by atoms with Gasteiger partial charge in [0.1, 0.15) is 0 Å². The molecule has 25 heavy (non-hydrogen) atoms. The van der Waals surface area contributed by atoms with Crippen LogP contribution in [0.3, 0.4) is 0 Å². The van der Waals surface area contributed by atoms with Crippen molar-refractivity contribution in [3.63, 3.8) is 0 Å². The Hall–Kier alpha value is -3.29. The van der Waals surface area contributed by atoms with E-state index in [2.05, 4.69) is 20.2 Å². The van der Waals surface area contributed by atoms with Crippen LogP contribution < -0.4 is 0 Å². The van der Waals surface area contributed by atoms with Crippen molar-refractivity contribution >= 4 is 28.1 Å². The Morgan fingerprint density at radius 3 is 2.72 bits per heavy atom. The van der Waals surface area contributed by atoms with Gasteiger partial charge in [-0.1, -0.05) is 6.07 Å². The fraction of sp³-hybridized carbons (Fsp3) is 0.235. The van der Waals surface area contributed by atoms with Gasteiger partial charge < -0.3 is 10.1 Å². The van der Waals surface area contributed by atoms with Crippen LogP contribution in [-0.4, -0.2) is 20.0 Å². The molecule has 1 aromatic carbocycles. The lowest BCUT2D eigenvalue weighted by Crippen LogP contribution is -2.07. The quantitative estimate of drug-likeness (QED) is 0.416. The number of pyridine rings is 1. The molecule has 1 aliphatic rings. The number of azo groups is 1. The van der Waals surface area contributed by atoms with Crippen LogP contribution in [0.2, 0.25) is 0 Å². The normalized spacial score (nSPS) is 14.1. The topological polar surface area (TPSA) is 117 Å². The number of nitro groups is 1. The highest BCUT2D eigenvalue weighted by molar-refractivity contribution is 5.98. The number of benzene rings is 1. The Morgan fingerprint density at radius 2 is 2.00 bits per heavy atom. The van der Waals surface area contributed by atoms with Crippen LogP contribution in [0.5, 0.6) is 5.88 Å². The lowest BCUT2D eigenvalue weighted by Gasteiger charge is -2.16. The van der Waals surface area contributed by atoms with Crippen LogP contribution in [-0.2, 0) is 12.8 Å². The molecular weight excluding hydrogens is 322 g/mol. The number of hydrogen-bond acceptors (Lipinski definition) is 6. The SMILES string of the molecule is O=[N+]([O-])c1cc2c(N=Nc3ccccn3)c(O)[nH]c2c2c1CCCC2. The molecule has 8 heteroatoms. The van der Waals surface area contributed by atoms with E-state index in [1.54, 1.807) is 24.4 Å². The largest absolute Gasteiger partial charge is 0.493 e. The van der Waals surface area contributed by atoms with Gasteiger partial charge in [0.25, 0.3) is 5.69 Å². The van der Waals surface area contributed by atoms with Gasteiger partial charge in [-0.15, -0.1) is 10.2 Å². The first kappa shape index (κ1) is 15.3. The number of nitro benzene ring substituents is 1. The third-order valence-corrected chi connectivity index (χ3v) is 4.45. The molecule has 0 spiro atoms. The van der Waals surface area contributed by atoms with Crippen molar-refractivity contribution in [2.45, 2.75) is 25.7 Å². The minimum atomic E-state index is -0.368. The molecule has 8 nitrogen and oxygen atoms in total. The van der Waals surface area contributed by atoms with Crippen molar-refractivity contribution in [1.82, 2.24) is 9.97 Å². The van der Waals surface area contributed by atoms with Gasteiger partial charge in [-0.3, -0.25) is 10.1 Å². The Balaban J connectivity index is 1.91. The van der Waals surface area contributed by atoms with Gasteiger partial charge >= 0.3 is 0 Å². The van der Waals surface area contributed by atoms with E-state index in [-0.39, 0.29) is 22.2 Å². The molecule has 2 heterocycles. The summed E-state index contributed by atoms with van der Waals surface area (Å²) in [6.07, 6.45) is 4.90. The summed E-state index contributed by atoms with van der Waals surface area (Å²) in [6, 6.07) is 6.69. The number of aryl methyl sites for hydroxylation is 1. The number of aromatic amines is 1. The zero-order valence-corrected chi connectivity index (χ0v) is 13.3. The molecule has 0 saturated heterocycles. The van der Waals surface area contributed by atoms with Crippen LogP contribution in [0, 0.1) is 10.1 Å². The molecule has 4 rings (SSSR count). The highest BCUT2D eigenvalue weighted by atomic mass is 16.6. The second kappa shape index (κ2) is 5.97. The highest BCUT2D eigenvalue weighted by Gasteiger charge is 2.26. The van der Waals surface area contributed by atoms with E-state index in [9.17, 15) is 15.2 Å². The lowest BCUT2D eigenvalue weighted by molar-refractivity contribution is -0.385. The van der Waals surface area contributed by atoms with Crippen LogP contribution in [0.1, 0.15) is 24.0 Å². The van der Waals surface area contributed by atoms with Crippen molar-refractivity contribution < 1.29 is 10.0 Å². The summed E-state index contributed by atoms with van der Waals surface area (Å²) in [6.45, 7) is 0. The van der Waals surface area contributed by atoms with E-state index >= 15 is 0 Å². The van der Waals surface area contributed by atoms with Gasteiger partial charge in [-0.2, -0.15) is 0 Å². The average molecular weight is 337 g/mol. The Morgan fingerprint density at radius 1 is 1.20 bits per heavy atom. The molecule has 2 aromatic heterocycles. The van der Waals surface area contributed by atoms with E-state index in [0.717, 1.165) is 30.4 Å². The van der Waals surface area contributed by atoms with Gasteiger partial charge in [0, 0.05) is 23.2 Å². The van der Waals surface area contributed by atoms with Gasteiger partial charge in [0.15, 0.2) is 11.5 Å². The van der Waals surface area contributed by atoms with E-state index in [1.807, 2.05) is 0 Å². The van der Waals surface area contributed by atoms with Gasteiger partial charge in [0.05, 0.1) is 10.4 Å². The molecule has 0 fully saturated rings. The van der Waals surface area contributed by atoms with Crippen molar-refractivity contribution in [2.24, 2.45) is 10.2 Å². The Kier molecular flexibility index (Phi) is 3.64. The standard InChI is InChI=1S/C17H15N5O3/c23-17-16(21-20-14-7-3-4-8-18-14)12-9-13(22(24)25)10-5-1-2-6-11(10)15(12)19-17/h3-4,7-9,19,23H,1-2,5-6H2. The minimum Gasteiger partial charge on any atom is -0.493 e. The van der Waals surface area contributed by atoms with Crippen molar-refractivity contribution in [1.29, 1.82) is 0 Å². The summed E-state index contributed by atoms with van der Waals surface area (Å²) in [4.78, 5) is 18.1. The van der Waals surface area contributed by atoms with Crippen molar-refractivity contribution in [3.05, 3.63) is 51.7 Å². The van der Waals surface area contributed by atoms with Crippen LogP contribution in [0.15, 0.2) is 40.7 Å². The van der Waals surface area contributed by atoms with Crippen molar-refractivity contribution in [3.8, 4) is 5.88 Å². The third kappa shape index (κ3) is 2.61. The number of H-pyrrole nitrogens is 1. The summed E-state index contributed by atoms with van der Waals surface area (Å²) in [5.74, 6) is 0.242. The first-order chi connectivity index (χ1) is 12.1. The van der Waals surface area contributed by atoms with Crippen LogP contribution in [0.4, 0.5) is 17.2 Å². The summed E-state index contributed by atoms with van der Waals surface area (Å²) in [5, 5.41) is 30.3. The smallest absolute Gasteiger partial charge is 0.273 e. The predicted molar refractivity (Wildman–Crippen MR) is 91.7 cm³/mol. The summed E-state index contributed by atoms with van der Waals surface area (Å²) < 4.78 is 0. The van der Waals surface area contributed by atoms with Crippen LogP contribution >= 0.6 is 0 Å². The number of nitrogens with one attached hydrogen (secondary N) is 1. The maximum atomic E-state index is 11.5. The predicted octanol–water partition coefficient (Wildman–Crippen LogP) is 4.47. The molecule has 2 N–H and O–H groups in total. The number of hydrogen-bond donors (Lipinski definition) is 2. The Labute approximate surface area is 142 Å². The van der Waals surface area contributed by atoms with Gasteiger partial charge in [-0.05, 0) is 43.4 Å². The highest BCUT2D eigenvalue weighted by Crippen LogP contribution is 2.43. The summed E-state index contributed by atoms with van der Waals surface area (Å²) in [7, 11) is 0. The molecule has 126 valence electrons. The molecule has 0 saturated carbocycles. The molecule has 0 atom stereocenters. The molecule has 0 radical (unpaired) electrons. The number of aromatic hydroxyl groups is 1. The van der Waals surface area contributed by atoms with E-state index in [0.29, 0.717) is 23.1 Å². The molecule has 0 unspecified atom stereocenters. The average Bonchev–Trinajstić information content (AvgIpc) is 2.95. The molecule has 1 aliphatic carbocycles. The Bertz CT molecular complexity index is 995. The van der Waals surface area contributed by atoms with Crippen molar-refractivity contribution in [2.75, 3.05) is 0 Å².